The molecule has 0 aliphatic rings. The molecule has 0 heterocycles. The number of alkyl halides is 1. The highest BCUT2D eigenvalue weighted by Crippen LogP contribution is 2.13. The molecule has 2 atom stereocenters. The highest BCUT2D eigenvalue weighted by Gasteiger charge is 2.17. The quantitative estimate of drug-likeness (QED) is 0.144. The molecule has 4 nitrogen and oxygen atoms in total. The maximum absolute atomic E-state index is 11.3. The second kappa shape index (κ2) is 20.3. The van der Waals surface area contributed by atoms with E-state index < -0.39 is 12.1 Å². The molecule has 0 aliphatic heterocycles. The minimum absolute atomic E-state index is 0.166. The SMILES string of the molecule is CCCCCCCCCCCCCCC/C=C/[C@@H](O)C(CO)NC(=O)CBr. The normalized spacial score (nSPS) is 13.8. The highest BCUT2D eigenvalue weighted by atomic mass is 79.9. The van der Waals surface area contributed by atoms with Crippen LogP contribution in [-0.2, 0) is 4.79 Å². The Morgan fingerprint density at radius 3 is 1.85 bits per heavy atom. The highest BCUT2D eigenvalue weighted by molar-refractivity contribution is 9.09. The molecular formula is C22H42BrNO3. The molecule has 0 saturated heterocycles. The lowest BCUT2D eigenvalue weighted by Crippen LogP contribution is -2.45. The maximum atomic E-state index is 11.3. The summed E-state index contributed by atoms with van der Waals surface area (Å²) in [7, 11) is 0. The van der Waals surface area contributed by atoms with Gasteiger partial charge in [0.2, 0.25) is 5.91 Å². The predicted octanol–water partition coefficient (Wildman–Crippen LogP) is 5.26. The van der Waals surface area contributed by atoms with E-state index in [0.29, 0.717) is 0 Å². The average Bonchev–Trinajstić information content (AvgIpc) is 2.68. The zero-order chi connectivity index (χ0) is 20.2. The van der Waals surface area contributed by atoms with E-state index in [4.69, 9.17) is 0 Å². The molecule has 3 N–H and O–H groups in total. The van der Waals surface area contributed by atoms with E-state index in [1.165, 1.54) is 77.0 Å². The lowest BCUT2D eigenvalue weighted by atomic mass is 10.0. The topological polar surface area (TPSA) is 69.6 Å². The Kier molecular flexibility index (Phi) is 20.1. The van der Waals surface area contributed by atoms with Crippen molar-refractivity contribution in [1.29, 1.82) is 0 Å². The van der Waals surface area contributed by atoms with Crippen LogP contribution in [-0.4, -0.2) is 40.2 Å². The number of hydrogen-bond donors (Lipinski definition) is 3. The number of carbonyl (C=O) groups excluding carboxylic acids is 1. The third-order valence-corrected chi connectivity index (χ3v) is 5.39. The first-order chi connectivity index (χ1) is 13.2. The molecule has 0 saturated carbocycles. The molecule has 27 heavy (non-hydrogen) atoms. The predicted molar refractivity (Wildman–Crippen MR) is 118 cm³/mol. The van der Waals surface area contributed by atoms with Crippen LogP contribution in [0.2, 0.25) is 0 Å². The summed E-state index contributed by atoms with van der Waals surface area (Å²) in [4.78, 5) is 11.3. The smallest absolute Gasteiger partial charge is 0.231 e. The minimum Gasteiger partial charge on any atom is -0.394 e. The summed E-state index contributed by atoms with van der Waals surface area (Å²) >= 11 is 3.05. The number of nitrogens with one attached hydrogen (secondary N) is 1. The van der Waals surface area contributed by atoms with Gasteiger partial charge in [0.1, 0.15) is 0 Å². The molecule has 160 valence electrons. The van der Waals surface area contributed by atoms with Crippen LogP contribution in [0.4, 0.5) is 0 Å². The lowest BCUT2D eigenvalue weighted by molar-refractivity contribution is -0.120. The number of hydrogen-bond acceptors (Lipinski definition) is 3. The van der Waals surface area contributed by atoms with Crippen molar-refractivity contribution >= 4 is 21.8 Å². The van der Waals surface area contributed by atoms with Gasteiger partial charge in [-0.2, -0.15) is 0 Å². The van der Waals surface area contributed by atoms with Gasteiger partial charge in [0, 0.05) is 0 Å². The molecule has 1 amide bonds. The van der Waals surface area contributed by atoms with Crippen molar-refractivity contribution in [3.8, 4) is 0 Å². The lowest BCUT2D eigenvalue weighted by Gasteiger charge is -2.19. The number of aliphatic hydroxyl groups excluding tert-OH is 2. The molecule has 0 radical (unpaired) electrons. The number of aliphatic hydroxyl groups is 2. The molecule has 0 rings (SSSR count). The van der Waals surface area contributed by atoms with Gasteiger partial charge in [-0.3, -0.25) is 4.79 Å². The maximum Gasteiger partial charge on any atom is 0.231 e. The largest absolute Gasteiger partial charge is 0.394 e. The fourth-order valence-electron chi connectivity index (χ4n) is 3.13. The van der Waals surface area contributed by atoms with Crippen molar-refractivity contribution in [2.24, 2.45) is 0 Å². The van der Waals surface area contributed by atoms with Crippen LogP contribution < -0.4 is 5.32 Å². The monoisotopic (exact) mass is 447 g/mol. The second-order valence-corrected chi connectivity index (χ2v) is 8.00. The first kappa shape index (κ1) is 26.6. The minimum atomic E-state index is -0.847. The number of carbonyl (C=O) groups is 1. The van der Waals surface area contributed by atoms with Gasteiger partial charge in [-0.1, -0.05) is 112 Å². The van der Waals surface area contributed by atoms with Crippen LogP contribution in [0.3, 0.4) is 0 Å². The fraction of sp³-hybridized carbons (Fsp3) is 0.864. The van der Waals surface area contributed by atoms with Crippen molar-refractivity contribution in [1.82, 2.24) is 5.32 Å². The molecule has 5 heteroatoms. The number of allylic oxidation sites excluding steroid dienone is 1. The summed E-state index contributed by atoms with van der Waals surface area (Å²) in [6, 6.07) is -0.641. The van der Waals surface area contributed by atoms with E-state index in [1.54, 1.807) is 6.08 Å². The van der Waals surface area contributed by atoms with E-state index in [-0.39, 0.29) is 17.8 Å². The van der Waals surface area contributed by atoms with Crippen molar-refractivity contribution in [2.45, 2.75) is 109 Å². The molecular weight excluding hydrogens is 406 g/mol. The molecule has 0 aromatic carbocycles. The van der Waals surface area contributed by atoms with Crippen molar-refractivity contribution < 1.29 is 15.0 Å². The average molecular weight is 448 g/mol. The summed E-state index contributed by atoms with van der Waals surface area (Å²) in [6.07, 6.45) is 21.2. The molecule has 0 aromatic rings. The molecule has 0 aromatic heterocycles. The zero-order valence-corrected chi connectivity index (χ0v) is 18.9. The van der Waals surface area contributed by atoms with Gasteiger partial charge in [0.05, 0.1) is 24.1 Å². The zero-order valence-electron chi connectivity index (χ0n) is 17.3. The Hall–Kier alpha value is -0.390. The van der Waals surface area contributed by atoms with Gasteiger partial charge in [0.25, 0.3) is 0 Å². The van der Waals surface area contributed by atoms with E-state index in [9.17, 15) is 15.0 Å². The van der Waals surface area contributed by atoms with Gasteiger partial charge in [-0.25, -0.2) is 0 Å². The van der Waals surface area contributed by atoms with E-state index in [1.807, 2.05) is 6.08 Å². The Balaban J connectivity index is 3.47. The van der Waals surface area contributed by atoms with Crippen LogP contribution >= 0.6 is 15.9 Å². The van der Waals surface area contributed by atoms with Gasteiger partial charge >= 0.3 is 0 Å². The second-order valence-electron chi connectivity index (χ2n) is 7.44. The standard InChI is InChI=1S/C22H42BrNO3/c1-2-3-4-5-6-7-8-9-10-11-12-13-14-15-16-17-21(26)20(19-25)24-22(27)18-23/h16-17,20-21,25-26H,2-15,18-19H2,1H3,(H,24,27)/b17-16+/t20?,21-/m1/s1. The van der Waals surface area contributed by atoms with Crippen molar-refractivity contribution in [3.05, 3.63) is 12.2 Å². The summed E-state index contributed by atoms with van der Waals surface area (Å²) in [5, 5.41) is 22.0. The summed E-state index contributed by atoms with van der Waals surface area (Å²) in [6.45, 7) is 1.99. The number of rotatable bonds is 19. The van der Waals surface area contributed by atoms with E-state index in [2.05, 4.69) is 28.2 Å². The van der Waals surface area contributed by atoms with Crippen LogP contribution in [0.25, 0.3) is 0 Å². The van der Waals surface area contributed by atoms with Gasteiger partial charge in [0.15, 0.2) is 0 Å². The first-order valence-corrected chi connectivity index (χ1v) is 12.1. The van der Waals surface area contributed by atoms with E-state index >= 15 is 0 Å². The number of unbranched alkanes of at least 4 members (excludes halogenated alkanes) is 13. The fourth-order valence-corrected chi connectivity index (χ4v) is 3.30. The Morgan fingerprint density at radius 2 is 1.41 bits per heavy atom. The van der Waals surface area contributed by atoms with Crippen LogP contribution in [0.1, 0.15) is 96.8 Å². The summed E-state index contributed by atoms with van der Waals surface area (Å²) < 4.78 is 0. The Labute approximate surface area is 175 Å². The van der Waals surface area contributed by atoms with Crippen molar-refractivity contribution in [2.75, 3.05) is 11.9 Å². The molecule has 1 unspecified atom stereocenters. The third-order valence-electron chi connectivity index (χ3n) is 4.88. The van der Waals surface area contributed by atoms with Crippen LogP contribution in [0.15, 0.2) is 12.2 Å². The number of amides is 1. The molecule has 0 fully saturated rings. The molecule has 0 spiro atoms. The van der Waals surface area contributed by atoms with E-state index in [0.717, 1.165) is 12.8 Å². The van der Waals surface area contributed by atoms with Crippen LogP contribution in [0.5, 0.6) is 0 Å². The Morgan fingerprint density at radius 1 is 0.926 bits per heavy atom. The van der Waals surface area contributed by atoms with Gasteiger partial charge in [-0.15, -0.1) is 0 Å². The van der Waals surface area contributed by atoms with Crippen LogP contribution in [0, 0.1) is 0 Å². The first-order valence-electron chi connectivity index (χ1n) is 11.0. The number of halogens is 1. The summed E-state index contributed by atoms with van der Waals surface area (Å²) in [5.74, 6) is -0.238. The summed E-state index contributed by atoms with van der Waals surface area (Å²) in [5.41, 5.74) is 0. The molecule has 0 aliphatic carbocycles. The Bertz CT molecular complexity index is 363. The van der Waals surface area contributed by atoms with Gasteiger partial charge in [-0.05, 0) is 12.8 Å². The molecule has 0 bridgehead atoms. The van der Waals surface area contributed by atoms with Crippen molar-refractivity contribution in [3.63, 3.8) is 0 Å². The third kappa shape index (κ3) is 17.4. The van der Waals surface area contributed by atoms with Gasteiger partial charge < -0.3 is 15.5 Å².